The van der Waals surface area contributed by atoms with Crippen LogP contribution in [-0.4, -0.2) is 28.8 Å². The van der Waals surface area contributed by atoms with E-state index >= 15 is 0 Å². The molecule has 0 aliphatic carbocycles. The summed E-state index contributed by atoms with van der Waals surface area (Å²) in [6.45, 7) is 3.40. The Kier molecular flexibility index (Phi) is 5.42. The second-order valence-electron chi connectivity index (χ2n) is 5.04. The molecule has 0 bridgehead atoms. The molecule has 0 radical (unpaired) electrons. The smallest absolute Gasteiger partial charge is 0.305 e. The minimum atomic E-state index is -0.929. The molecule has 1 amide bonds. The van der Waals surface area contributed by atoms with Crippen LogP contribution >= 0.6 is 11.8 Å². The predicted octanol–water partition coefficient (Wildman–Crippen LogP) is 2.53. The number of amides is 1. The van der Waals surface area contributed by atoms with Gasteiger partial charge >= 0.3 is 5.97 Å². The zero-order valence-corrected chi connectivity index (χ0v) is 12.2. The molecule has 0 aromatic heterocycles. The molecule has 1 aromatic rings. The molecule has 0 aliphatic rings. The standard InChI is InChI=1S/C14H19NO3S/c1-14(2,8-12(16)17)15-13(18)11-6-4-5-10(7-11)9-19-3/h4-7H,8-9H2,1-3H3,(H,15,18)(H,16,17). The first kappa shape index (κ1) is 15.6. The Bertz CT molecular complexity index is 472. The summed E-state index contributed by atoms with van der Waals surface area (Å²) in [5, 5.41) is 11.5. The number of rotatable bonds is 6. The lowest BCUT2D eigenvalue weighted by molar-refractivity contribution is -0.138. The number of carbonyl (C=O) groups excluding carboxylic acids is 1. The van der Waals surface area contributed by atoms with Crippen molar-refractivity contribution < 1.29 is 14.7 Å². The van der Waals surface area contributed by atoms with Gasteiger partial charge in [-0.2, -0.15) is 11.8 Å². The van der Waals surface area contributed by atoms with Crippen LogP contribution in [0.3, 0.4) is 0 Å². The largest absolute Gasteiger partial charge is 0.481 e. The maximum atomic E-state index is 12.1. The molecular weight excluding hydrogens is 262 g/mol. The van der Waals surface area contributed by atoms with Gasteiger partial charge in [-0.1, -0.05) is 12.1 Å². The van der Waals surface area contributed by atoms with Gasteiger partial charge in [0.1, 0.15) is 0 Å². The zero-order valence-electron chi connectivity index (χ0n) is 11.4. The van der Waals surface area contributed by atoms with E-state index < -0.39 is 11.5 Å². The van der Waals surface area contributed by atoms with Crippen molar-refractivity contribution in [1.82, 2.24) is 5.32 Å². The van der Waals surface area contributed by atoms with E-state index in [1.807, 2.05) is 24.5 Å². The molecule has 1 aromatic carbocycles. The second kappa shape index (κ2) is 6.61. The fraction of sp³-hybridized carbons (Fsp3) is 0.429. The Morgan fingerprint density at radius 3 is 2.63 bits per heavy atom. The van der Waals surface area contributed by atoms with Crippen LogP contribution in [0.15, 0.2) is 24.3 Å². The number of carboxylic acid groups (broad SMARTS) is 1. The number of thioether (sulfide) groups is 1. The highest BCUT2D eigenvalue weighted by atomic mass is 32.2. The van der Waals surface area contributed by atoms with Crippen LogP contribution in [0.2, 0.25) is 0 Å². The number of carbonyl (C=O) groups is 2. The third-order valence-corrected chi connectivity index (χ3v) is 3.17. The van der Waals surface area contributed by atoms with Gasteiger partial charge < -0.3 is 10.4 Å². The van der Waals surface area contributed by atoms with Gasteiger partial charge in [0.2, 0.25) is 0 Å². The maximum Gasteiger partial charge on any atom is 0.305 e. The molecule has 0 aliphatic heterocycles. The van der Waals surface area contributed by atoms with Crippen molar-refractivity contribution in [3.8, 4) is 0 Å². The van der Waals surface area contributed by atoms with E-state index in [1.165, 1.54) is 0 Å². The Balaban J connectivity index is 2.77. The van der Waals surface area contributed by atoms with Gasteiger partial charge in [0, 0.05) is 16.9 Å². The van der Waals surface area contributed by atoms with Crippen LogP contribution in [0.5, 0.6) is 0 Å². The van der Waals surface area contributed by atoms with Crippen LogP contribution in [-0.2, 0) is 10.5 Å². The van der Waals surface area contributed by atoms with Gasteiger partial charge in [0.25, 0.3) is 5.91 Å². The van der Waals surface area contributed by atoms with Gasteiger partial charge in [-0.25, -0.2) is 0 Å². The molecule has 0 unspecified atom stereocenters. The molecule has 2 N–H and O–H groups in total. The topological polar surface area (TPSA) is 66.4 Å². The minimum Gasteiger partial charge on any atom is -0.481 e. The molecule has 1 rings (SSSR count). The van der Waals surface area contributed by atoms with Crippen molar-refractivity contribution in [1.29, 1.82) is 0 Å². The van der Waals surface area contributed by atoms with E-state index in [0.717, 1.165) is 11.3 Å². The average Bonchev–Trinajstić information content (AvgIpc) is 2.27. The summed E-state index contributed by atoms with van der Waals surface area (Å²) in [5.41, 5.74) is 0.875. The monoisotopic (exact) mass is 281 g/mol. The van der Waals surface area contributed by atoms with Crippen molar-refractivity contribution in [2.45, 2.75) is 31.6 Å². The van der Waals surface area contributed by atoms with E-state index in [9.17, 15) is 9.59 Å². The lowest BCUT2D eigenvalue weighted by atomic mass is 10.00. The summed E-state index contributed by atoms with van der Waals surface area (Å²) in [7, 11) is 0. The van der Waals surface area contributed by atoms with Crippen LogP contribution < -0.4 is 5.32 Å². The Hall–Kier alpha value is -1.49. The van der Waals surface area contributed by atoms with E-state index in [4.69, 9.17) is 5.11 Å². The summed E-state index contributed by atoms with van der Waals surface area (Å²) in [4.78, 5) is 22.8. The molecule has 0 atom stereocenters. The van der Waals surface area contributed by atoms with E-state index in [-0.39, 0.29) is 12.3 Å². The van der Waals surface area contributed by atoms with Crippen LogP contribution in [0.25, 0.3) is 0 Å². The summed E-state index contributed by atoms with van der Waals surface area (Å²) in [6, 6.07) is 7.37. The summed E-state index contributed by atoms with van der Waals surface area (Å²) in [5.74, 6) is -0.324. The Morgan fingerprint density at radius 2 is 2.05 bits per heavy atom. The van der Waals surface area contributed by atoms with Crippen molar-refractivity contribution in [3.63, 3.8) is 0 Å². The third kappa shape index (κ3) is 5.34. The highest BCUT2D eigenvalue weighted by Crippen LogP contribution is 2.14. The van der Waals surface area contributed by atoms with E-state index in [1.54, 1.807) is 31.7 Å². The maximum absolute atomic E-state index is 12.1. The number of nitrogens with one attached hydrogen (secondary N) is 1. The molecule has 4 nitrogen and oxygen atoms in total. The van der Waals surface area contributed by atoms with Crippen molar-refractivity contribution in [2.24, 2.45) is 0 Å². The third-order valence-electron chi connectivity index (χ3n) is 2.55. The highest BCUT2D eigenvalue weighted by Gasteiger charge is 2.24. The summed E-state index contributed by atoms with van der Waals surface area (Å²) in [6.07, 6.45) is 1.89. The zero-order chi connectivity index (χ0) is 14.5. The molecule has 19 heavy (non-hydrogen) atoms. The second-order valence-corrected chi connectivity index (χ2v) is 5.91. The first-order chi connectivity index (χ1) is 8.84. The van der Waals surface area contributed by atoms with Crippen LogP contribution in [0.4, 0.5) is 0 Å². The number of carboxylic acids is 1. The molecule has 104 valence electrons. The van der Waals surface area contributed by atoms with E-state index in [0.29, 0.717) is 5.56 Å². The number of aliphatic carboxylic acids is 1. The van der Waals surface area contributed by atoms with Crippen molar-refractivity contribution in [3.05, 3.63) is 35.4 Å². The molecule has 0 heterocycles. The summed E-state index contributed by atoms with van der Waals surface area (Å²) < 4.78 is 0. The molecule has 0 saturated carbocycles. The predicted molar refractivity (Wildman–Crippen MR) is 77.5 cm³/mol. The van der Waals surface area contributed by atoms with Crippen LogP contribution in [0, 0.1) is 0 Å². The van der Waals surface area contributed by atoms with Gasteiger partial charge in [-0.05, 0) is 37.8 Å². The van der Waals surface area contributed by atoms with Crippen molar-refractivity contribution in [2.75, 3.05) is 6.26 Å². The molecule has 0 fully saturated rings. The lowest BCUT2D eigenvalue weighted by Crippen LogP contribution is -2.44. The Morgan fingerprint density at radius 1 is 1.37 bits per heavy atom. The van der Waals surface area contributed by atoms with Crippen molar-refractivity contribution >= 4 is 23.6 Å². The number of benzene rings is 1. The number of hydrogen-bond donors (Lipinski definition) is 2. The van der Waals surface area contributed by atoms with Gasteiger partial charge in [0.05, 0.1) is 6.42 Å². The molecule has 0 spiro atoms. The fourth-order valence-electron chi connectivity index (χ4n) is 1.77. The average molecular weight is 281 g/mol. The fourth-order valence-corrected chi connectivity index (χ4v) is 2.28. The highest BCUT2D eigenvalue weighted by molar-refractivity contribution is 7.97. The molecule has 5 heteroatoms. The SMILES string of the molecule is CSCc1cccc(C(=O)NC(C)(C)CC(=O)O)c1. The minimum absolute atomic E-state index is 0.108. The lowest BCUT2D eigenvalue weighted by Gasteiger charge is -2.24. The Labute approximate surface area is 117 Å². The van der Waals surface area contributed by atoms with E-state index in [2.05, 4.69) is 5.32 Å². The first-order valence-corrected chi connectivity index (χ1v) is 7.35. The van der Waals surface area contributed by atoms with Gasteiger partial charge in [0.15, 0.2) is 0 Å². The molecular formula is C14H19NO3S. The van der Waals surface area contributed by atoms with Gasteiger partial charge in [-0.3, -0.25) is 9.59 Å². The normalized spacial score (nSPS) is 11.1. The first-order valence-electron chi connectivity index (χ1n) is 5.96. The molecule has 0 saturated heterocycles. The quantitative estimate of drug-likeness (QED) is 0.841. The summed E-state index contributed by atoms with van der Waals surface area (Å²) >= 11 is 1.69. The van der Waals surface area contributed by atoms with Crippen LogP contribution in [0.1, 0.15) is 36.2 Å². The number of hydrogen-bond acceptors (Lipinski definition) is 3. The van der Waals surface area contributed by atoms with Gasteiger partial charge in [-0.15, -0.1) is 0 Å².